The van der Waals surface area contributed by atoms with Crippen molar-refractivity contribution in [3.05, 3.63) is 48.3 Å². The number of hydrogen-bond acceptors (Lipinski definition) is 3. The molecule has 0 atom stereocenters. The maximum absolute atomic E-state index is 12.0. The van der Waals surface area contributed by atoms with Crippen LogP contribution in [0.3, 0.4) is 0 Å². The second-order valence-corrected chi connectivity index (χ2v) is 3.49. The van der Waals surface area contributed by atoms with Gasteiger partial charge in [0.25, 0.3) is 0 Å². The van der Waals surface area contributed by atoms with Crippen molar-refractivity contribution in [1.82, 2.24) is 14.5 Å². The van der Waals surface area contributed by atoms with E-state index in [2.05, 4.69) is 9.97 Å². The zero-order valence-corrected chi connectivity index (χ0v) is 9.13. The van der Waals surface area contributed by atoms with Crippen molar-refractivity contribution in [1.29, 1.82) is 0 Å². The van der Waals surface area contributed by atoms with E-state index in [9.17, 15) is 4.79 Å². The number of imidazole rings is 1. The van der Waals surface area contributed by atoms with E-state index in [0.717, 1.165) is 12.1 Å². The van der Waals surface area contributed by atoms with E-state index in [1.165, 1.54) is 0 Å². The fourth-order valence-corrected chi connectivity index (χ4v) is 1.58. The third kappa shape index (κ3) is 2.16. The topological polar surface area (TPSA) is 47.8 Å². The Balaban J connectivity index is 2.15. The smallest absolute Gasteiger partial charge is 0.202 e. The van der Waals surface area contributed by atoms with Gasteiger partial charge in [0.05, 0.1) is 0 Å². The lowest BCUT2D eigenvalue weighted by molar-refractivity contribution is 0.0979. The Labute approximate surface area is 94.0 Å². The largest absolute Gasteiger partial charge is 0.329 e. The van der Waals surface area contributed by atoms with E-state index in [4.69, 9.17) is 0 Å². The first-order valence-corrected chi connectivity index (χ1v) is 5.24. The van der Waals surface area contributed by atoms with Gasteiger partial charge < -0.3 is 4.57 Å². The molecule has 0 saturated heterocycles. The van der Waals surface area contributed by atoms with E-state index < -0.39 is 0 Å². The first-order valence-electron chi connectivity index (χ1n) is 5.24. The number of carbonyl (C=O) groups is 1. The van der Waals surface area contributed by atoms with E-state index in [-0.39, 0.29) is 5.78 Å². The van der Waals surface area contributed by atoms with Crippen LogP contribution in [0.25, 0.3) is 0 Å². The van der Waals surface area contributed by atoms with Crippen LogP contribution in [0.15, 0.2) is 36.9 Å². The molecule has 0 bridgehead atoms. The van der Waals surface area contributed by atoms with Crippen molar-refractivity contribution in [2.45, 2.75) is 19.9 Å². The quantitative estimate of drug-likeness (QED) is 0.730. The summed E-state index contributed by atoms with van der Waals surface area (Å²) in [4.78, 5) is 19.9. The first-order chi connectivity index (χ1) is 7.81. The molecule has 0 aromatic carbocycles. The summed E-state index contributed by atoms with van der Waals surface area (Å²) in [6.07, 6.45) is 7.23. The Bertz CT molecular complexity index is 476. The molecule has 2 heterocycles. The van der Waals surface area contributed by atoms with Crippen LogP contribution in [0.4, 0.5) is 0 Å². The summed E-state index contributed by atoms with van der Waals surface area (Å²) in [5, 5.41) is 0. The number of rotatable bonds is 4. The molecule has 0 radical (unpaired) electrons. The van der Waals surface area contributed by atoms with E-state index in [1.54, 1.807) is 18.6 Å². The average molecular weight is 215 g/mol. The van der Waals surface area contributed by atoms with Crippen LogP contribution in [0.5, 0.6) is 0 Å². The zero-order chi connectivity index (χ0) is 11.4. The molecule has 2 aromatic heterocycles. The Morgan fingerprint density at radius 3 is 2.75 bits per heavy atom. The zero-order valence-electron chi connectivity index (χ0n) is 9.13. The Morgan fingerprint density at radius 2 is 2.06 bits per heavy atom. The first kappa shape index (κ1) is 10.5. The molecule has 0 aliphatic heterocycles. The standard InChI is InChI=1S/C12H13N3O/c1-2-15-8-7-14-12(15)11(16)9-10-3-5-13-6-4-10/h3-8H,2,9H2,1H3. The third-order valence-electron chi connectivity index (χ3n) is 2.42. The van der Waals surface area contributed by atoms with Gasteiger partial charge in [0.2, 0.25) is 5.78 Å². The average Bonchev–Trinajstić information content (AvgIpc) is 2.78. The van der Waals surface area contributed by atoms with E-state index in [1.807, 2.05) is 29.8 Å². The van der Waals surface area contributed by atoms with Crippen molar-refractivity contribution in [3.8, 4) is 0 Å². The molecule has 4 heteroatoms. The van der Waals surface area contributed by atoms with Crippen LogP contribution in [0.2, 0.25) is 0 Å². The summed E-state index contributed by atoms with van der Waals surface area (Å²) in [7, 11) is 0. The van der Waals surface area contributed by atoms with Crippen LogP contribution < -0.4 is 0 Å². The van der Waals surface area contributed by atoms with Gasteiger partial charge in [0.15, 0.2) is 5.82 Å². The van der Waals surface area contributed by atoms with Crippen molar-refractivity contribution >= 4 is 5.78 Å². The second-order valence-electron chi connectivity index (χ2n) is 3.49. The normalized spacial score (nSPS) is 10.3. The van der Waals surface area contributed by atoms with Crippen molar-refractivity contribution < 1.29 is 4.79 Å². The lowest BCUT2D eigenvalue weighted by Gasteiger charge is -2.03. The van der Waals surface area contributed by atoms with Gasteiger partial charge in [-0.15, -0.1) is 0 Å². The minimum absolute atomic E-state index is 0.0399. The van der Waals surface area contributed by atoms with Crippen LogP contribution in [-0.4, -0.2) is 20.3 Å². The van der Waals surface area contributed by atoms with Gasteiger partial charge in [0.1, 0.15) is 0 Å². The number of nitrogens with zero attached hydrogens (tertiary/aromatic N) is 3. The highest BCUT2D eigenvalue weighted by Crippen LogP contribution is 2.05. The monoisotopic (exact) mass is 215 g/mol. The van der Waals surface area contributed by atoms with Crippen LogP contribution in [0, 0.1) is 0 Å². The summed E-state index contributed by atoms with van der Waals surface area (Å²) in [6, 6.07) is 3.69. The third-order valence-corrected chi connectivity index (χ3v) is 2.42. The molecular weight excluding hydrogens is 202 g/mol. The predicted octanol–water partition coefficient (Wildman–Crippen LogP) is 1.72. The lowest BCUT2D eigenvalue weighted by atomic mass is 10.1. The molecule has 0 N–H and O–H groups in total. The predicted molar refractivity (Wildman–Crippen MR) is 60.2 cm³/mol. The van der Waals surface area contributed by atoms with Gasteiger partial charge in [-0.2, -0.15) is 0 Å². The molecule has 0 saturated carbocycles. The number of carbonyl (C=O) groups excluding carboxylic acids is 1. The lowest BCUT2D eigenvalue weighted by Crippen LogP contribution is -2.11. The molecule has 4 nitrogen and oxygen atoms in total. The van der Waals surface area contributed by atoms with E-state index >= 15 is 0 Å². The maximum Gasteiger partial charge on any atom is 0.202 e. The Morgan fingerprint density at radius 1 is 1.31 bits per heavy atom. The highest BCUT2D eigenvalue weighted by atomic mass is 16.1. The molecule has 82 valence electrons. The van der Waals surface area contributed by atoms with Crippen molar-refractivity contribution in [2.75, 3.05) is 0 Å². The summed E-state index contributed by atoms with van der Waals surface area (Å²) in [5.74, 6) is 0.567. The molecular formula is C12H13N3O. The van der Waals surface area contributed by atoms with Crippen molar-refractivity contribution in [3.63, 3.8) is 0 Å². The van der Waals surface area contributed by atoms with Gasteiger partial charge in [0, 0.05) is 37.8 Å². The van der Waals surface area contributed by atoms with Crippen LogP contribution in [-0.2, 0) is 13.0 Å². The molecule has 0 spiro atoms. The summed E-state index contributed by atoms with van der Waals surface area (Å²) in [5.41, 5.74) is 0.964. The number of aryl methyl sites for hydroxylation is 1. The summed E-state index contributed by atoms with van der Waals surface area (Å²) < 4.78 is 1.85. The highest BCUT2D eigenvalue weighted by Gasteiger charge is 2.12. The second kappa shape index (κ2) is 4.70. The highest BCUT2D eigenvalue weighted by molar-refractivity contribution is 5.94. The molecule has 0 unspecified atom stereocenters. The fraction of sp³-hybridized carbons (Fsp3) is 0.250. The SMILES string of the molecule is CCn1ccnc1C(=O)Cc1ccncc1. The molecule has 0 aliphatic rings. The molecule has 16 heavy (non-hydrogen) atoms. The van der Waals surface area contributed by atoms with Gasteiger partial charge in [-0.25, -0.2) is 4.98 Å². The minimum atomic E-state index is 0.0399. The van der Waals surface area contributed by atoms with Gasteiger partial charge in [-0.05, 0) is 24.6 Å². The maximum atomic E-state index is 12.0. The van der Waals surface area contributed by atoms with Gasteiger partial charge in [-0.1, -0.05) is 0 Å². The minimum Gasteiger partial charge on any atom is -0.329 e. The Kier molecular flexibility index (Phi) is 3.10. The summed E-state index contributed by atoms with van der Waals surface area (Å²) in [6.45, 7) is 2.75. The summed E-state index contributed by atoms with van der Waals surface area (Å²) >= 11 is 0. The number of aromatic nitrogens is 3. The molecule has 0 fully saturated rings. The van der Waals surface area contributed by atoms with Crippen LogP contribution >= 0.6 is 0 Å². The number of ketones is 1. The Hall–Kier alpha value is -1.97. The number of pyridine rings is 1. The van der Waals surface area contributed by atoms with Crippen LogP contribution in [0.1, 0.15) is 23.1 Å². The molecule has 0 amide bonds. The van der Waals surface area contributed by atoms with Gasteiger partial charge >= 0.3 is 0 Å². The molecule has 2 rings (SSSR count). The van der Waals surface area contributed by atoms with Crippen molar-refractivity contribution in [2.24, 2.45) is 0 Å². The number of hydrogen-bond donors (Lipinski definition) is 0. The number of Topliss-reactive ketones (excluding diaryl/α,β-unsaturated/α-hetero) is 1. The van der Waals surface area contributed by atoms with Gasteiger partial charge in [-0.3, -0.25) is 9.78 Å². The molecule has 2 aromatic rings. The van der Waals surface area contributed by atoms with E-state index in [0.29, 0.717) is 12.2 Å². The fourth-order valence-electron chi connectivity index (χ4n) is 1.58. The molecule has 0 aliphatic carbocycles.